The molecule has 15 heteroatoms. The molecule has 0 aliphatic carbocycles. The number of alkyl halides is 6. The van der Waals surface area contributed by atoms with Crippen LogP contribution in [-0.4, -0.2) is 30.1 Å². The number of thiophene rings is 1. The summed E-state index contributed by atoms with van der Waals surface area (Å²) in [6.45, 7) is 12.2. The highest BCUT2D eigenvalue weighted by atomic mass is 79.9. The number of aromatic nitrogens is 1. The van der Waals surface area contributed by atoms with E-state index in [2.05, 4.69) is 31.5 Å². The van der Waals surface area contributed by atoms with E-state index in [0.29, 0.717) is 26.7 Å². The summed E-state index contributed by atoms with van der Waals surface area (Å²) in [5.74, 6) is -2.79. The molecule has 0 spiro atoms. The molecular weight excluding hydrogens is 707 g/mol. The molecule has 254 valence electrons. The van der Waals surface area contributed by atoms with Crippen LogP contribution in [0, 0.1) is 5.82 Å². The lowest BCUT2D eigenvalue weighted by Gasteiger charge is -2.12. The number of amides is 2. The number of carbonyl (C=O) groups is 2. The zero-order valence-electron chi connectivity index (χ0n) is 26.3. The summed E-state index contributed by atoms with van der Waals surface area (Å²) in [6, 6.07) is 10.5. The first-order valence-electron chi connectivity index (χ1n) is 13.9. The van der Waals surface area contributed by atoms with E-state index in [0.717, 1.165) is 17.4 Å². The standard InChI is InChI=1S/C23H14BrF4N3O3S.C2H3F3.3C2H6/c1-34-22-14(8-11(24)10-29-22)20(32)31-18-13-4-2-3-5-17(13)35-19(18)21(33)30-12-6-7-16(25)15(9-12)23(26,27)28;1-2(3,4)5;3*1-2/h2-10H,1H3,(H,30,33)(H,31,32);1H3;3*1-2H3. The summed E-state index contributed by atoms with van der Waals surface area (Å²) in [6.07, 6.45) is -7.48. The fourth-order valence-corrected chi connectivity index (χ4v) is 4.66. The average molecular weight is 743 g/mol. The predicted molar refractivity (Wildman–Crippen MR) is 173 cm³/mol. The molecule has 2 amide bonds. The third-order valence-corrected chi connectivity index (χ3v) is 6.43. The number of ether oxygens (including phenoxy) is 1. The summed E-state index contributed by atoms with van der Waals surface area (Å²) in [7, 11) is 1.35. The lowest BCUT2D eigenvalue weighted by molar-refractivity contribution is -0.140. The van der Waals surface area contributed by atoms with Crippen LogP contribution in [-0.2, 0) is 6.18 Å². The van der Waals surface area contributed by atoms with E-state index in [1.807, 2.05) is 41.5 Å². The first kappa shape index (κ1) is 42.3. The van der Waals surface area contributed by atoms with Gasteiger partial charge in [0.05, 0.1) is 18.4 Å². The maximum absolute atomic E-state index is 13.6. The van der Waals surface area contributed by atoms with Crippen molar-refractivity contribution >= 4 is 60.5 Å². The average Bonchev–Trinajstić information content (AvgIpc) is 3.38. The first-order chi connectivity index (χ1) is 21.6. The van der Waals surface area contributed by atoms with Gasteiger partial charge in [0.25, 0.3) is 11.8 Å². The number of methoxy groups -OCH3 is 1. The van der Waals surface area contributed by atoms with Crippen molar-refractivity contribution in [3.63, 3.8) is 0 Å². The Morgan fingerprint density at radius 1 is 0.870 bits per heavy atom. The molecule has 46 heavy (non-hydrogen) atoms. The van der Waals surface area contributed by atoms with Gasteiger partial charge in [-0.25, -0.2) is 9.37 Å². The highest BCUT2D eigenvalue weighted by molar-refractivity contribution is 9.10. The molecule has 2 aromatic heterocycles. The number of hydrogen-bond acceptors (Lipinski definition) is 5. The van der Waals surface area contributed by atoms with Gasteiger partial charge in [-0.05, 0) is 46.3 Å². The molecule has 4 rings (SSSR count). The first-order valence-corrected chi connectivity index (χ1v) is 15.5. The van der Waals surface area contributed by atoms with Crippen LogP contribution < -0.4 is 15.4 Å². The molecule has 0 atom stereocenters. The van der Waals surface area contributed by atoms with E-state index < -0.39 is 35.5 Å². The van der Waals surface area contributed by atoms with E-state index in [1.165, 1.54) is 19.4 Å². The molecule has 0 saturated carbocycles. The predicted octanol–water partition coefficient (Wildman–Crippen LogP) is 11.4. The Balaban J connectivity index is 0.00000163. The molecule has 0 fully saturated rings. The van der Waals surface area contributed by atoms with Gasteiger partial charge < -0.3 is 15.4 Å². The van der Waals surface area contributed by atoms with Gasteiger partial charge in [-0.2, -0.15) is 26.3 Å². The van der Waals surface area contributed by atoms with Crippen molar-refractivity contribution in [1.82, 2.24) is 4.98 Å². The largest absolute Gasteiger partial charge is 0.480 e. The molecule has 4 aromatic rings. The third-order valence-electron chi connectivity index (χ3n) is 4.83. The minimum Gasteiger partial charge on any atom is -0.480 e. The fourth-order valence-electron chi connectivity index (χ4n) is 3.27. The fraction of sp³-hybridized carbons (Fsp3) is 0.323. The zero-order valence-corrected chi connectivity index (χ0v) is 28.7. The van der Waals surface area contributed by atoms with Crippen LogP contribution in [0.25, 0.3) is 10.1 Å². The number of pyridine rings is 1. The second kappa shape index (κ2) is 19.7. The number of carbonyl (C=O) groups excluding carboxylic acids is 2. The van der Waals surface area contributed by atoms with Crippen molar-refractivity contribution in [2.75, 3.05) is 17.7 Å². The molecular formula is C31H35BrF7N3O3S. The molecule has 2 aromatic carbocycles. The lowest BCUT2D eigenvalue weighted by atomic mass is 10.1. The molecule has 0 bridgehead atoms. The van der Waals surface area contributed by atoms with Crippen LogP contribution in [0.3, 0.4) is 0 Å². The number of benzene rings is 2. The summed E-state index contributed by atoms with van der Waals surface area (Å²) >= 11 is 4.28. The second-order valence-electron chi connectivity index (χ2n) is 7.89. The number of fused-ring (bicyclic) bond motifs is 1. The van der Waals surface area contributed by atoms with Crippen molar-refractivity contribution in [2.24, 2.45) is 0 Å². The molecule has 0 radical (unpaired) electrons. The molecule has 0 aliphatic rings. The molecule has 0 aliphatic heterocycles. The molecule has 2 heterocycles. The van der Waals surface area contributed by atoms with Gasteiger partial charge in [-0.3, -0.25) is 9.59 Å². The molecule has 0 saturated heterocycles. The van der Waals surface area contributed by atoms with Crippen LogP contribution in [0.15, 0.2) is 59.2 Å². The smallest absolute Gasteiger partial charge is 0.419 e. The number of hydrogen-bond donors (Lipinski definition) is 2. The summed E-state index contributed by atoms with van der Waals surface area (Å²) in [5, 5.41) is 5.60. The number of rotatable bonds is 5. The Bertz CT molecular complexity index is 1550. The minimum atomic E-state index is -4.93. The molecule has 6 nitrogen and oxygen atoms in total. The molecule has 0 unspecified atom stereocenters. The van der Waals surface area contributed by atoms with Crippen molar-refractivity contribution in [2.45, 2.75) is 60.8 Å². The van der Waals surface area contributed by atoms with Crippen LogP contribution >= 0.6 is 27.3 Å². The van der Waals surface area contributed by atoms with Crippen molar-refractivity contribution in [3.05, 3.63) is 81.0 Å². The summed E-state index contributed by atoms with van der Waals surface area (Å²) < 4.78 is 90.2. The van der Waals surface area contributed by atoms with Gasteiger partial charge >= 0.3 is 12.4 Å². The number of nitrogens with zero attached hydrogens (tertiary/aromatic N) is 1. The Kier molecular flexibility index (Phi) is 18.1. The van der Waals surface area contributed by atoms with Crippen LogP contribution in [0.4, 0.5) is 42.1 Å². The summed E-state index contributed by atoms with van der Waals surface area (Å²) in [5.41, 5.74) is -1.50. The van der Waals surface area contributed by atoms with E-state index in [9.17, 15) is 40.3 Å². The van der Waals surface area contributed by atoms with Crippen LogP contribution in [0.1, 0.15) is 74.1 Å². The number of anilines is 2. The Hall–Kier alpha value is -3.72. The second-order valence-corrected chi connectivity index (χ2v) is 9.86. The lowest BCUT2D eigenvalue weighted by Crippen LogP contribution is -2.18. The van der Waals surface area contributed by atoms with Gasteiger partial charge in [0.1, 0.15) is 16.3 Å². The highest BCUT2D eigenvalue weighted by Crippen LogP contribution is 2.38. The van der Waals surface area contributed by atoms with Crippen LogP contribution in [0.2, 0.25) is 0 Å². The maximum atomic E-state index is 13.6. The third kappa shape index (κ3) is 12.9. The van der Waals surface area contributed by atoms with E-state index in [1.54, 1.807) is 24.3 Å². The number of nitrogens with one attached hydrogen (secondary N) is 2. The van der Waals surface area contributed by atoms with E-state index >= 15 is 0 Å². The van der Waals surface area contributed by atoms with Gasteiger partial charge in [0.15, 0.2) is 0 Å². The minimum absolute atomic E-state index is 0.0411. The van der Waals surface area contributed by atoms with E-state index in [-0.39, 0.29) is 34.6 Å². The number of halogens is 8. The van der Waals surface area contributed by atoms with E-state index in [4.69, 9.17) is 4.74 Å². The van der Waals surface area contributed by atoms with Crippen molar-refractivity contribution in [1.29, 1.82) is 0 Å². The molecule has 2 N–H and O–H groups in total. The topological polar surface area (TPSA) is 80.3 Å². The summed E-state index contributed by atoms with van der Waals surface area (Å²) in [4.78, 5) is 30.2. The Morgan fingerprint density at radius 3 is 1.98 bits per heavy atom. The van der Waals surface area contributed by atoms with Gasteiger partial charge in [0.2, 0.25) is 5.88 Å². The van der Waals surface area contributed by atoms with Gasteiger partial charge in [-0.1, -0.05) is 59.7 Å². The monoisotopic (exact) mass is 741 g/mol. The maximum Gasteiger partial charge on any atom is 0.419 e. The van der Waals surface area contributed by atoms with Crippen LogP contribution in [0.5, 0.6) is 5.88 Å². The van der Waals surface area contributed by atoms with Crippen molar-refractivity contribution < 1.29 is 45.1 Å². The van der Waals surface area contributed by atoms with Crippen molar-refractivity contribution in [3.8, 4) is 5.88 Å². The highest BCUT2D eigenvalue weighted by Gasteiger charge is 2.34. The normalized spacial score (nSPS) is 10.3. The quantitative estimate of drug-likeness (QED) is 0.200. The SMILES string of the molecule is CC.CC.CC.CC(F)(F)F.COc1ncc(Br)cc1C(=O)Nc1c(C(=O)Nc2ccc(F)c(C(F)(F)F)c2)sc2ccccc12. The van der Waals surface area contributed by atoms with Gasteiger partial charge in [0, 0.05) is 33.4 Å². The Morgan fingerprint density at radius 2 is 1.43 bits per heavy atom. The zero-order chi connectivity index (χ0) is 35.8. The van der Waals surface area contributed by atoms with Gasteiger partial charge in [-0.15, -0.1) is 11.3 Å². The Labute approximate surface area is 275 Å².